The quantitative estimate of drug-likeness (QED) is 0.740. The Morgan fingerprint density at radius 3 is 2.71 bits per heavy atom. The van der Waals surface area contributed by atoms with Gasteiger partial charge in [-0.05, 0) is 6.92 Å². The fraction of sp³-hybridized carbons (Fsp3) is 1.00. The van der Waals surface area contributed by atoms with Gasteiger partial charge in [-0.1, -0.05) is 0 Å². The van der Waals surface area contributed by atoms with Gasteiger partial charge in [0.1, 0.15) is 0 Å². The van der Waals surface area contributed by atoms with Crippen molar-refractivity contribution in [2.75, 3.05) is 26.8 Å². The number of rotatable bonds is 2. The maximum atomic E-state index is 12.5. The molecule has 0 spiro atoms. The van der Waals surface area contributed by atoms with Gasteiger partial charge in [0.2, 0.25) is 0 Å². The normalized spacial score (nSPS) is 34.5. The van der Waals surface area contributed by atoms with E-state index in [0.717, 1.165) is 6.92 Å². The highest BCUT2D eigenvalue weighted by Gasteiger charge is 2.54. The second-order valence-electron chi connectivity index (χ2n) is 3.55. The Labute approximate surface area is 80.6 Å². The van der Waals surface area contributed by atoms with Crippen LogP contribution in [-0.2, 0) is 9.47 Å². The molecule has 0 aromatic rings. The zero-order chi connectivity index (χ0) is 10.8. The third kappa shape index (κ3) is 2.37. The van der Waals surface area contributed by atoms with Gasteiger partial charge in [-0.3, -0.25) is 0 Å². The van der Waals surface area contributed by atoms with E-state index in [2.05, 4.69) is 5.32 Å². The van der Waals surface area contributed by atoms with Crippen LogP contribution in [0.3, 0.4) is 0 Å². The number of hydrogen-bond acceptors (Lipinski definition) is 3. The number of alkyl halides is 3. The SMILES string of the molecule is COCC1CNCC(C)(C(F)(F)F)O1. The minimum Gasteiger partial charge on any atom is -0.382 e. The molecule has 3 nitrogen and oxygen atoms in total. The summed E-state index contributed by atoms with van der Waals surface area (Å²) in [6.07, 6.45) is -4.90. The first-order chi connectivity index (χ1) is 6.39. The molecular formula is C8H14F3NO2. The van der Waals surface area contributed by atoms with E-state index in [1.807, 2.05) is 0 Å². The lowest BCUT2D eigenvalue weighted by molar-refractivity contribution is -0.293. The molecule has 0 amide bonds. The van der Waals surface area contributed by atoms with Crippen LogP contribution in [0.4, 0.5) is 13.2 Å². The fourth-order valence-corrected chi connectivity index (χ4v) is 1.37. The summed E-state index contributed by atoms with van der Waals surface area (Å²) in [7, 11) is 1.43. The van der Waals surface area contributed by atoms with Crippen LogP contribution in [0.1, 0.15) is 6.92 Å². The van der Waals surface area contributed by atoms with Crippen molar-refractivity contribution >= 4 is 0 Å². The lowest BCUT2D eigenvalue weighted by Crippen LogP contribution is -2.60. The molecule has 0 aromatic heterocycles. The number of halogens is 3. The molecule has 84 valence electrons. The third-order valence-electron chi connectivity index (χ3n) is 2.21. The minimum absolute atomic E-state index is 0.165. The second kappa shape index (κ2) is 4.04. The molecule has 0 bridgehead atoms. The lowest BCUT2D eigenvalue weighted by Gasteiger charge is -2.39. The van der Waals surface area contributed by atoms with Crippen LogP contribution in [0.5, 0.6) is 0 Å². The van der Waals surface area contributed by atoms with Crippen LogP contribution in [0.15, 0.2) is 0 Å². The number of morpholine rings is 1. The molecule has 1 aliphatic rings. The average molecular weight is 213 g/mol. The Balaban J connectivity index is 2.62. The van der Waals surface area contributed by atoms with Crippen molar-refractivity contribution in [3.8, 4) is 0 Å². The molecule has 1 saturated heterocycles. The maximum absolute atomic E-state index is 12.5. The predicted octanol–water partition coefficient (Wildman–Crippen LogP) is 0.942. The standard InChI is InChI=1S/C8H14F3NO2/c1-7(8(9,10)11)5-12-3-6(14-7)4-13-2/h6,12H,3-5H2,1-2H3. The number of ether oxygens (including phenoxy) is 2. The van der Waals surface area contributed by atoms with E-state index in [9.17, 15) is 13.2 Å². The fourth-order valence-electron chi connectivity index (χ4n) is 1.37. The zero-order valence-electron chi connectivity index (χ0n) is 8.15. The van der Waals surface area contributed by atoms with Crippen LogP contribution in [-0.4, -0.2) is 44.7 Å². The van der Waals surface area contributed by atoms with Crippen LogP contribution < -0.4 is 5.32 Å². The van der Waals surface area contributed by atoms with Gasteiger partial charge in [0.15, 0.2) is 5.60 Å². The maximum Gasteiger partial charge on any atom is 0.418 e. The van der Waals surface area contributed by atoms with Crippen molar-refractivity contribution in [1.82, 2.24) is 5.32 Å². The predicted molar refractivity (Wildman–Crippen MR) is 44.1 cm³/mol. The van der Waals surface area contributed by atoms with E-state index in [0.29, 0.717) is 6.54 Å². The Bertz CT molecular complexity index is 196. The molecule has 1 N–H and O–H groups in total. The molecule has 1 aliphatic heterocycles. The highest BCUT2D eigenvalue weighted by atomic mass is 19.4. The topological polar surface area (TPSA) is 30.5 Å². The lowest BCUT2D eigenvalue weighted by atomic mass is 10.0. The molecule has 2 atom stereocenters. The van der Waals surface area contributed by atoms with Crippen molar-refractivity contribution in [3.63, 3.8) is 0 Å². The highest BCUT2D eigenvalue weighted by molar-refractivity contribution is 4.91. The summed E-state index contributed by atoms with van der Waals surface area (Å²) in [6.45, 7) is 1.39. The van der Waals surface area contributed by atoms with Crippen LogP contribution in [0, 0.1) is 0 Å². The van der Waals surface area contributed by atoms with Crippen LogP contribution in [0.25, 0.3) is 0 Å². The van der Waals surface area contributed by atoms with Crippen molar-refractivity contribution in [2.45, 2.75) is 24.8 Å². The molecule has 0 aliphatic carbocycles. The summed E-state index contributed by atoms with van der Waals surface area (Å²) in [4.78, 5) is 0. The van der Waals surface area contributed by atoms with Gasteiger partial charge in [-0.15, -0.1) is 0 Å². The molecule has 1 heterocycles. The van der Waals surface area contributed by atoms with E-state index in [-0.39, 0.29) is 13.2 Å². The van der Waals surface area contributed by atoms with Crippen molar-refractivity contribution in [1.29, 1.82) is 0 Å². The first-order valence-electron chi connectivity index (χ1n) is 4.33. The average Bonchev–Trinajstić information content (AvgIpc) is 2.03. The van der Waals surface area contributed by atoms with Crippen molar-refractivity contribution in [2.24, 2.45) is 0 Å². The van der Waals surface area contributed by atoms with E-state index in [4.69, 9.17) is 9.47 Å². The second-order valence-corrected chi connectivity index (χ2v) is 3.55. The number of methoxy groups -OCH3 is 1. The van der Waals surface area contributed by atoms with Gasteiger partial charge in [0.05, 0.1) is 12.7 Å². The molecule has 0 saturated carbocycles. The van der Waals surface area contributed by atoms with Gasteiger partial charge < -0.3 is 14.8 Å². The van der Waals surface area contributed by atoms with Crippen molar-refractivity contribution < 1.29 is 22.6 Å². The van der Waals surface area contributed by atoms with E-state index in [1.165, 1.54) is 7.11 Å². The third-order valence-corrected chi connectivity index (χ3v) is 2.21. The smallest absolute Gasteiger partial charge is 0.382 e. The largest absolute Gasteiger partial charge is 0.418 e. The Morgan fingerprint density at radius 2 is 2.21 bits per heavy atom. The highest BCUT2D eigenvalue weighted by Crippen LogP contribution is 2.35. The van der Waals surface area contributed by atoms with Crippen molar-refractivity contribution in [3.05, 3.63) is 0 Å². The Kier molecular flexibility index (Phi) is 3.39. The van der Waals surface area contributed by atoms with Crippen LogP contribution in [0.2, 0.25) is 0 Å². The first-order valence-corrected chi connectivity index (χ1v) is 4.33. The van der Waals surface area contributed by atoms with E-state index in [1.54, 1.807) is 0 Å². The van der Waals surface area contributed by atoms with Crippen LogP contribution >= 0.6 is 0 Å². The van der Waals surface area contributed by atoms with Gasteiger partial charge in [0, 0.05) is 20.2 Å². The summed E-state index contributed by atoms with van der Waals surface area (Å²) >= 11 is 0. The Morgan fingerprint density at radius 1 is 1.57 bits per heavy atom. The summed E-state index contributed by atoms with van der Waals surface area (Å²) in [5, 5.41) is 2.69. The first kappa shape index (κ1) is 11.7. The van der Waals surface area contributed by atoms with Gasteiger partial charge in [0.25, 0.3) is 0 Å². The van der Waals surface area contributed by atoms with E-state index >= 15 is 0 Å². The number of nitrogens with one attached hydrogen (secondary N) is 1. The summed E-state index contributed by atoms with van der Waals surface area (Å²) in [5.41, 5.74) is -2.10. The zero-order valence-corrected chi connectivity index (χ0v) is 8.15. The Hall–Kier alpha value is -0.330. The molecule has 0 radical (unpaired) electrons. The van der Waals surface area contributed by atoms with Gasteiger partial charge in [-0.2, -0.15) is 13.2 Å². The summed E-state index contributed by atoms with van der Waals surface area (Å²) in [5.74, 6) is 0. The summed E-state index contributed by atoms with van der Waals surface area (Å²) in [6, 6.07) is 0. The number of hydrogen-bond donors (Lipinski definition) is 1. The van der Waals surface area contributed by atoms with Gasteiger partial charge in [-0.25, -0.2) is 0 Å². The minimum atomic E-state index is -4.35. The molecular weight excluding hydrogens is 199 g/mol. The molecule has 14 heavy (non-hydrogen) atoms. The van der Waals surface area contributed by atoms with Gasteiger partial charge >= 0.3 is 6.18 Å². The molecule has 0 aromatic carbocycles. The molecule has 2 unspecified atom stereocenters. The summed E-state index contributed by atoms with van der Waals surface area (Å²) < 4.78 is 47.3. The molecule has 6 heteroatoms. The molecule has 1 fully saturated rings. The van der Waals surface area contributed by atoms with E-state index < -0.39 is 17.9 Å². The monoisotopic (exact) mass is 213 g/mol. The molecule has 1 rings (SSSR count).